The third-order valence-electron chi connectivity index (χ3n) is 2.43. The molecule has 5 heteroatoms. The molecule has 0 fully saturated rings. The summed E-state index contributed by atoms with van der Waals surface area (Å²) in [6.45, 7) is 4.08. The number of amides is 1. The van der Waals surface area contributed by atoms with Gasteiger partial charge in [-0.05, 0) is 30.5 Å². The number of hydrogen-bond donors (Lipinski definition) is 3. The molecule has 0 saturated carbocycles. The molecule has 1 aromatic rings. The van der Waals surface area contributed by atoms with Crippen molar-refractivity contribution in [2.45, 2.75) is 26.7 Å². The molecular formula is C13H18N2O3. The Balaban J connectivity index is 2.72. The summed E-state index contributed by atoms with van der Waals surface area (Å²) in [7, 11) is 0. The van der Waals surface area contributed by atoms with Gasteiger partial charge in [0.2, 0.25) is 5.91 Å². The molecule has 1 rings (SSSR count). The Morgan fingerprint density at radius 3 is 2.56 bits per heavy atom. The molecule has 0 unspecified atom stereocenters. The fourth-order valence-electron chi connectivity index (χ4n) is 1.49. The van der Waals surface area contributed by atoms with Gasteiger partial charge in [-0.1, -0.05) is 13.8 Å². The van der Waals surface area contributed by atoms with Crippen LogP contribution in [0.15, 0.2) is 18.2 Å². The van der Waals surface area contributed by atoms with E-state index in [0.717, 1.165) is 6.42 Å². The summed E-state index contributed by atoms with van der Waals surface area (Å²) in [6, 6.07) is 4.29. The highest BCUT2D eigenvalue weighted by Gasteiger charge is 2.08. The van der Waals surface area contributed by atoms with Gasteiger partial charge >= 0.3 is 5.97 Å². The maximum atomic E-state index is 11.6. The number of aromatic carboxylic acids is 1. The molecule has 0 aliphatic rings. The lowest BCUT2D eigenvalue weighted by Crippen LogP contribution is -2.13. The Kier molecular flexibility index (Phi) is 4.71. The van der Waals surface area contributed by atoms with Crippen molar-refractivity contribution in [2.75, 3.05) is 11.1 Å². The minimum atomic E-state index is -1.07. The van der Waals surface area contributed by atoms with E-state index in [1.54, 1.807) is 6.07 Å². The number of carbonyl (C=O) groups is 2. The number of carboxylic acids is 1. The lowest BCUT2D eigenvalue weighted by Gasteiger charge is -2.08. The van der Waals surface area contributed by atoms with Crippen LogP contribution in [0.2, 0.25) is 0 Å². The highest BCUT2D eigenvalue weighted by Crippen LogP contribution is 2.17. The predicted octanol–water partition coefficient (Wildman–Crippen LogP) is 2.34. The number of anilines is 2. The first kappa shape index (κ1) is 14.0. The van der Waals surface area contributed by atoms with E-state index < -0.39 is 5.97 Å². The summed E-state index contributed by atoms with van der Waals surface area (Å²) < 4.78 is 0. The molecule has 0 bridgehead atoms. The average Bonchev–Trinajstić information content (AvgIpc) is 2.25. The van der Waals surface area contributed by atoms with Crippen LogP contribution in [0.5, 0.6) is 0 Å². The summed E-state index contributed by atoms with van der Waals surface area (Å²) in [5.41, 5.74) is 6.38. The molecular weight excluding hydrogens is 232 g/mol. The topological polar surface area (TPSA) is 92.4 Å². The second-order valence-corrected chi connectivity index (χ2v) is 4.63. The monoisotopic (exact) mass is 250 g/mol. The Morgan fingerprint density at radius 1 is 1.33 bits per heavy atom. The normalized spacial score (nSPS) is 10.4. The van der Waals surface area contributed by atoms with E-state index in [9.17, 15) is 9.59 Å². The summed E-state index contributed by atoms with van der Waals surface area (Å²) in [4.78, 5) is 22.4. The second-order valence-electron chi connectivity index (χ2n) is 4.63. The Hall–Kier alpha value is -2.04. The van der Waals surface area contributed by atoms with Gasteiger partial charge in [0.15, 0.2) is 0 Å². The molecule has 0 aliphatic carbocycles. The van der Waals surface area contributed by atoms with Gasteiger partial charge in [0, 0.05) is 17.8 Å². The standard InChI is InChI=1S/C13H18N2O3/c1-8(2)3-4-12(16)15-11-6-9(13(17)18)5-10(14)7-11/h5-8H,3-4,14H2,1-2H3,(H,15,16)(H,17,18). The molecule has 0 atom stereocenters. The van der Waals surface area contributed by atoms with Crippen LogP contribution >= 0.6 is 0 Å². The molecule has 0 saturated heterocycles. The van der Waals surface area contributed by atoms with Crippen LogP contribution in [0.4, 0.5) is 11.4 Å². The molecule has 98 valence electrons. The fraction of sp³-hybridized carbons (Fsp3) is 0.385. The lowest BCUT2D eigenvalue weighted by molar-refractivity contribution is -0.116. The van der Waals surface area contributed by atoms with Crippen LogP contribution in [0.3, 0.4) is 0 Å². The van der Waals surface area contributed by atoms with E-state index in [-0.39, 0.29) is 11.5 Å². The average molecular weight is 250 g/mol. The molecule has 5 nitrogen and oxygen atoms in total. The zero-order valence-corrected chi connectivity index (χ0v) is 10.6. The fourth-order valence-corrected chi connectivity index (χ4v) is 1.49. The molecule has 0 heterocycles. The first-order valence-corrected chi connectivity index (χ1v) is 5.82. The third kappa shape index (κ3) is 4.45. The van der Waals surface area contributed by atoms with E-state index in [1.807, 2.05) is 13.8 Å². The van der Waals surface area contributed by atoms with Gasteiger partial charge in [0.05, 0.1) is 5.56 Å². The summed E-state index contributed by atoms with van der Waals surface area (Å²) >= 11 is 0. The van der Waals surface area contributed by atoms with Crippen molar-refractivity contribution in [3.8, 4) is 0 Å². The zero-order valence-electron chi connectivity index (χ0n) is 10.6. The quantitative estimate of drug-likeness (QED) is 0.699. The Morgan fingerprint density at radius 2 is 2.00 bits per heavy atom. The molecule has 1 aromatic carbocycles. The first-order valence-electron chi connectivity index (χ1n) is 5.82. The van der Waals surface area contributed by atoms with Crippen molar-refractivity contribution in [2.24, 2.45) is 5.92 Å². The van der Waals surface area contributed by atoms with E-state index in [4.69, 9.17) is 10.8 Å². The SMILES string of the molecule is CC(C)CCC(=O)Nc1cc(N)cc(C(=O)O)c1. The van der Waals surface area contributed by atoms with Crippen LogP contribution < -0.4 is 11.1 Å². The van der Waals surface area contributed by atoms with Gasteiger partial charge in [-0.2, -0.15) is 0 Å². The van der Waals surface area contributed by atoms with E-state index in [2.05, 4.69) is 5.32 Å². The number of carbonyl (C=O) groups excluding carboxylic acids is 1. The number of carboxylic acid groups (broad SMARTS) is 1. The van der Waals surface area contributed by atoms with Crippen LogP contribution in [-0.4, -0.2) is 17.0 Å². The van der Waals surface area contributed by atoms with Gasteiger partial charge in [0.1, 0.15) is 0 Å². The van der Waals surface area contributed by atoms with Crippen molar-refractivity contribution in [3.05, 3.63) is 23.8 Å². The minimum absolute atomic E-state index is 0.0640. The smallest absolute Gasteiger partial charge is 0.335 e. The summed E-state index contributed by atoms with van der Waals surface area (Å²) in [5, 5.41) is 11.5. The summed E-state index contributed by atoms with van der Waals surface area (Å²) in [5.74, 6) is -0.753. The van der Waals surface area contributed by atoms with Crippen molar-refractivity contribution in [1.29, 1.82) is 0 Å². The van der Waals surface area contributed by atoms with Crippen LogP contribution in [0, 0.1) is 5.92 Å². The van der Waals surface area contributed by atoms with Gasteiger partial charge in [-0.15, -0.1) is 0 Å². The molecule has 18 heavy (non-hydrogen) atoms. The largest absolute Gasteiger partial charge is 0.478 e. The van der Waals surface area contributed by atoms with Gasteiger partial charge < -0.3 is 16.2 Å². The van der Waals surface area contributed by atoms with Crippen LogP contribution in [-0.2, 0) is 4.79 Å². The van der Waals surface area contributed by atoms with E-state index in [1.165, 1.54) is 12.1 Å². The zero-order chi connectivity index (χ0) is 13.7. The van der Waals surface area contributed by atoms with E-state index >= 15 is 0 Å². The maximum Gasteiger partial charge on any atom is 0.335 e. The highest BCUT2D eigenvalue weighted by molar-refractivity contribution is 5.95. The molecule has 0 aromatic heterocycles. The van der Waals surface area contributed by atoms with Crippen molar-refractivity contribution >= 4 is 23.3 Å². The number of nitrogens with one attached hydrogen (secondary N) is 1. The van der Waals surface area contributed by atoms with Crippen molar-refractivity contribution in [1.82, 2.24) is 0 Å². The van der Waals surface area contributed by atoms with E-state index in [0.29, 0.717) is 23.7 Å². The van der Waals surface area contributed by atoms with Gasteiger partial charge in [-0.25, -0.2) is 4.79 Å². The predicted molar refractivity (Wildman–Crippen MR) is 70.5 cm³/mol. The number of rotatable bonds is 5. The number of benzene rings is 1. The number of nitrogens with two attached hydrogens (primary N) is 1. The first-order chi connectivity index (χ1) is 8.38. The minimum Gasteiger partial charge on any atom is -0.478 e. The molecule has 4 N–H and O–H groups in total. The molecule has 0 aliphatic heterocycles. The van der Waals surface area contributed by atoms with Gasteiger partial charge in [0.25, 0.3) is 0 Å². The van der Waals surface area contributed by atoms with Crippen LogP contribution in [0.25, 0.3) is 0 Å². The number of nitrogen functional groups attached to an aromatic ring is 1. The number of hydrogen-bond acceptors (Lipinski definition) is 3. The molecule has 0 spiro atoms. The third-order valence-corrected chi connectivity index (χ3v) is 2.43. The van der Waals surface area contributed by atoms with Crippen molar-refractivity contribution in [3.63, 3.8) is 0 Å². The summed E-state index contributed by atoms with van der Waals surface area (Å²) in [6.07, 6.45) is 1.20. The lowest BCUT2D eigenvalue weighted by atomic mass is 10.1. The second kappa shape index (κ2) is 6.05. The molecule has 0 radical (unpaired) electrons. The van der Waals surface area contributed by atoms with Crippen molar-refractivity contribution < 1.29 is 14.7 Å². The maximum absolute atomic E-state index is 11.6. The molecule has 1 amide bonds. The highest BCUT2D eigenvalue weighted by atomic mass is 16.4. The Bertz CT molecular complexity index is 456. The van der Waals surface area contributed by atoms with Crippen LogP contribution in [0.1, 0.15) is 37.0 Å². The van der Waals surface area contributed by atoms with Gasteiger partial charge in [-0.3, -0.25) is 4.79 Å². The Labute approximate surface area is 106 Å².